The molecule has 1 fully saturated rings. The summed E-state index contributed by atoms with van der Waals surface area (Å²) in [5.41, 5.74) is 2.46. The van der Waals surface area contributed by atoms with Gasteiger partial charge in [-0.3, -0.25) is 19.6 Å². The number of likely N-dealkylation sites (tertiary alicyclic amines) is 1. The smallest absolute Gasteiger partial charge is 0.252 e. The highest BCUT2D eigenvalue weighted by atomic mass is 16.2. The molecule has 1 aliphatic rings. The number of pyridine rings is 2. The summed E-state index contributed by atoms with van der Waals surface area (Å²) in [5.74, 6) is -0.0631. The minimum absolute atomic E-state index is 0.0217. The highest BCUT2D eigenvalue weighted by Crippen LogP contribution is 2.36. The van der Waals surface area contributed by atoms with Gasteiger partial charge in [0.25, 0.3) is 5.91 Å². The van der Waals surface area contributed by atoms with E-state index in [0.29, 0.717) is 18.5 Å². The maximum absolute atomic E-state index is 12.3. The Hall–Kier alpha value is -2.76. The summed E-state index contributed by atoms with van der Waals surface area (Å²) in [6.07, 6.45) is 7.16. The van der Waals surface area contributed by atoms with Gasteiger partial charge in [-0.2, -0.15) is 0 Å². The van der Waals surface area contributed by atoms with Gasteiger partial charge in [-0.1, -0.05) is 6.07 Å². The standard InChI is InChI=1S/C18H20N4O2/c1-12-6-15(10-20-8-12)18(24)21-11-14-7-16(23)22(2)17(14)13-4-3-5-19-9-13/h3-6,8-10,14,17H,7,11H2,1-2H3,(H,21,24)/t14-,17-/m0/s1. The highest BCUT2D eigenvalue weighted by Gasteiger charge is 2.38. The van der Waals surface area contributed by atoms with Gasteiger partial charge in [0.05, 0.1) is 11.6 Å². The summed E-state index contributed by atoms with van der Waals surface area (Å²) in [7, 11) is 1.80. The number of carbonyl (C=O) groups excluding carboxylic acids is 2. The third-order valence-corrected chi connectivity index (χ3v) is 4.38. The van der Waals surface area contributed by atoms with Crippen molar-refractivity contribution >= 4 is 11.8 Å². The third kappa shape index (κ3) is 3.27. The van der Waals surface area contributed by atoms with Gasteiger partial charge >= 0.3 is 0 Å². The van der Waals surface area contributed by atoms with Crippen LogP contribution in [-0.2, 0) is 4.79 Å². The Labute approximate surface area is 140 Å². The minimum Gasteiger partial charge on any atom is -0.352 e. The van der Waals surface area contributed by atoms with E-state index in [1.54, 1.807) is 42.8 Å². The first-order valence-corrected chi connectivity index (χ1v) is 7.91. The zero-order valence-corrected chi connectivity index (χ0v) is 13.8. The van der Waals surface area contributed by atoms with Crippen molar-refractivity contribution in [2.45, 2.75) is 19.4 Å². The van der Waals surface area contributed by atoms with E-state index < -0.39 is 0 Å². The molecule has 1 N–H and O–H groups in total. The first-order chi connectivity index (χ1) is 11.6. The van der Waals surface area contributed by atoms with Gasteiger partial charge in [0.15, 0.2) is 0 Å². The Morgan fingerprint density at radius 1 is 1.33 bits per heavy atom. The van der Waals surface area contributed by atoms with Gasteiger partial charge in [0.1, 0.15) is 0 Å². The van der Waals surface area contributed by atoms with Crippen LogP contribution in [0.25, 0.3) is 0 Å². The van der Waals surface area contributed by atoms with Crippen LogP contribution in [-0.4, -0.2) is 40.3 Å². The Balaban J connectivity index is 1.71. The lowest BCUT2D eigenvalue weighted by molar-refractivity contribution is -0.127. The van der Waals surface area contributed by atoms with Crippen LogP contribution in [0.5, 0.6) is 0 Å². The lowest BCUT2D eigenvalue weighted by atomic mass is 9.94. The van der Waals surface area contributed by atoms with E-state index in [2.05, 4.69) is 15.3 Å². The van der Waals surface area contributed by atoms with Gasteiger partial charge < -0.3 is 10.2 Å². The summed E-state index contributed by atoms with van der Waals surface area (Å²) in [6.45, 7) is 2.33. The van der Waals surface area contributed by atoms with Crippen molar-refractivity contribution in [1.82, 2.24) is 20.2 Å². The van der Waals surface area contributed by atoms with E-state index >= 15 is 0 Å². The van der Waals surface area contributed by atoms with Crippen LogP contribution < -0.4 is 5.32 Å². The highest BCUT2D eigenvalue weighted by molar-refractivity contribution is 5.94. The van der Waals surface area contributed by atoms with Gasteiger partial charge in [0, 0.05) is 50.7 Å². The molecule has 0 aliphatic carbocycles. The normalized spacial score (nSPS) is 20.2. The molecule has 124 valence electrons. The van der Waals surface area contributed by atoms with Crippen LogP contribution in [0.3, 0.4) is 0 Å². The Bertz CT molecular complexity index is 748. The predicted molar refractivity (Wildman–Crippen MR) is 89.2 cm³/mol. The van der Waals surface area contributed by atoms with Gasteiger partial charge in [0.2, 0.25) is 5.91 Å². The number of hydrogen-bond acceptors (Lipinski definition) is 4. The molecule has 2 atom stereocenters. The SMILES string of the molecule is Cc1cncc(C(=O)NC[C@@H]2CC(=O)N(C)[C@H]2c2cccnc2)c1. The summed E-state index contributed by atoms with van der Waals surface area (Å²) in [6, 6.07) is 5.56. The van der Waals surface area contributed by atoms with Crippen molar-refractivity contribution in [3.63, 3.8) is 0 Å². The molecule has 0 saturated carbocycles. The van der Waals surface area contributed by atoms with Crippen molar-refractivity contribution in [3.05, 3.63) is 59.7 Å². The summed E-state index contributed by atoms with van der Waals surface area (Å²) >= 11 is 0. The predicted octanol–water partition coefficient (Wildman–Crippen LogP) is 1.73. The van der Waals surface area contributed by atoms with Crippen molar-refractivity contribution in [2.24, 2.45) is 5.92 Å². The van der Waals surface area contributed by atoms with E-state index in [0.717, 1.165) is 11.1 Å². The molecule has 0 spiro atoms. The van der Waals surface area contributed by atoms with Gasteiger partial charge in [-0.05, 0) is 30.2 Å². The Kier molecular flexibility index (Phi) is 4.55. The van der Waals surface area contributed by atoms with Crippen molar-refractivity contribution in [3.8, 4) is 0 Å². The second-order valence-corrected chi connectivity index (χ2v) is 6.16. The molecular weight excluding hydrogens is 304 g/mol. The first kappa shape index (κ1) is 16.1. The first-order valence-electron chi connectivity index (χ1n) is 7.91. The molecule has 3 rings (SSSR count). The molecule has 0 unspecified atom stereocenters. The second-order valence-electron chi connectivity index (χ2n) is 6.16. The van der Waals surface area contributed by atoms with Crippen LogP contribution in [0.4, 0.5) is 0 Å². The van der Waals surface area contributed by atoms with E-state index in [-0.39, 0.29) is 23.8 Å². The zero-order chi connectivity index (χ0) is 17.1. The molecule has 1 aliphatic heterocycles. The molecule has 2 aromatic rings. The number of rotatable bonds is 4. The van der Waals surface area contributed by atoms with Crippen LogP contribution >= 0.6 is 0 Å². The fourth-order valence-electron chi connectivity index (χ4n) is 3.19. The van der Waals surface area contributed by atoms with Gasteiger partial charge in [-0.25, -0.2) is 0 Å². The lowest BCUT2D eigenvalue weighted by Gasteiger charge is -2.25. The Morgan fingerprint density at radius 3 is 2.88 bits per heavy atom. The lowest BCUT2D eigenvalue weighted by Crippen LogP contribution is -2.32. The minimum atomic E-state index is -0.168. The van der Waals surface area contributed by atoms with Crippen LogP contribution in [0.2, 0.25) is 0 Å². The van der Waals surface area contributed by atoms with Crippen molar-refractivity contribution < 1.29 is 9.59 Å². The summed E-state index contributed by atoms with van der Waals surface area (Å²) in [4.78, 5) is 34.3. The number of carbonyl (C=O) groups is 2. The summed E-state index contributed by atoms with van der Waals surface area (Å²) < 4.78 is 0. The van der Waals surface area contributed by atoms with E-state index in [1.807, 2.05) is 19.1 Å². The van der Waals surface area contributed by atoms with E-state index in [9.17, 15) is 9.59 Å². The van der Waals surface area contributed by atoms with Crippen LogP contribution in [0.1, 0.15) is 33.9 Å². The number of amides is 2. The molecule has 6 heteroatoms. The number of hydrogen-bond donors (Lipinski definition) is 1. The van der Waals surface area contributed by atoms with Crippen LogP contribution in [0.15, 0.2) is 43.0 Å². The largest absolute Gasteiger partial charge is 0.352 e. The average Bonchev–Trinajstić information content (AvgIpc) is 2.88. The van der Waals surface area contributed by atoms with E-state index in [1.165, 1.54) is 0 Å². The molecule has 0 radical (unpaired) electrons. The maximum Gasteiger partial charge on any atom is 0.252 e. The molecule has 1 saturated heterocycles. The quantitative estimate of drug-likeness (QED) is 0.929. The number of nitrogens with one attached hydrogen (secondary N) is 1. The fraction of sp³-hybridized carbons (Fsp3) is 0.333. The summed E-state index contributed by atoms with van der Waals surface area (Å²) in [5, 5.41) is 2.93. The fourth-order valence-corrected chi connectivity index (χ4v) is 3.19. The van der Waals surface area contributed by atoms with Crippen molar-refractivity contribution in [2.75, 3.05) is 13.6 Å². The number of aryl methyl sites for hydroxylation is 1. The number of aromatic nitrogens is 2. The molecule has 2 amide bonds. The molecular formula is C18H20N4O2. The maximum atomic E-state index is 12.3. The molecule has 0 aromatic carbocycles. The van der Waals surface area contributed by atoms with Crippen LogP contribution in [0, 0.1) is 12.8 Å². The molecule has 2 aromatic heterocycles. The average molecular weight is 324 g/mol. The van der Waals surface area contributed by atoms with Gasteiger partial charge in [-0.15, -0.1) is 0 Å². The Morgan fingerprint density at radius 2 is 2.17 bits per heavy atom. The molecule has 3 heterocycles. The topological polar surface area (TPSA) is 75.2 Å². The molecule has 6 nitrogen and oxygen atoms in total. The van der Waals surface area contributed by atoms with Crippen molar-refractivity contribution in [1.29, 1.82) is 0 Å². The third-order valence-electron chi connectivity index (χ3n) is 4.38. The zero-order valence-electron chi connectivity index (χ0n) is 13.8. The molecule has 24 heavy (non-hydrogen) atoms. The second kappa shape index (κ2) is 6.78. The molecule has 0 bridgehead atoms. The monoisotopic (exact) mass is 324 g/mol. The van der Waals surface area contributed by atoms with E-state index in [4.69, 9.17) is 0 Å². The number of nitrogens with zero attached hydrogens (tertiary/aromatic N) is 3.